The first kappa shape index (κ1) is 23.3. The summed E-state index contributed by atoms with van der Waals surface area (Å²) in [6.07, 6.45) is 5.42. The molecule has 2 heterocycles. The third kappa shape index (κ3) is 4.90. The highest BCUT2D eigenvalue weighted by Crippen LogP contribution is 2.41. The van der Waals surface area contributed by atoms with Gasteiger partial charge in [-0.05, 0) is 58.8 Å². The van der Waals surface area contributed by atoms with Crippen LogP contribution in [0.15, 0.2) is 30.3 Å². The van der Waals surface area contributed by atoms with Crippen molar-refractivity contribution in [1.29, 1.82) is 0 Å². The first-order chi connectivity index (χ1) is 15.8. The molecule has 1 saturated carbocycles. The minimum absolute atomic E-state index is 0.127. The lowest BCUT2D eigenvalue weighted by molar-refractivity contribution is -0.00392. The van der Waals surface area contributed by atoms with Crippen LogP contribution in [-0.2, 0) is 16.8 Å². The number of benzene rings is 1. The summed E-state index contributed by atoms with van der Waals surface area (Å²) in [6, 6.07) is 9.02. The molecule has 1 aliphatic heterocycles. The Hall–Kier alpha value is -2.87. The molecule has 0 radical (unpaired) electrons. The first-order valence-corrected chi connectivity index (χ1v) is 11.8. The second-order valence-corrected chi connectivity index (χ2v) is 9.97. The van der Waals surface area contributed by atoms with Crippen LogP contribution in [0.5, 0.6) is 0 Å². The van der Waals surface area contributed by atoms with Gasteiger partial charge in [0.15, 0.2) is 5.82 Å². The van der Waals surface area contributed by atoms with Gasteiger partial charge >= 0.3 is 6.09 Å². The Labute approximate surface area is 195 Å². The summed E-state index contributed by atoms with van der Waals surface area (Å²) >= 11 is 0. The number of nitrogens with one attached hydrogen (secondary N) is 2. The number of fused-ring (bicyclic) bond motifs is 1. The topological polar surface area (TPSA) is 90.6 Å². The average Bonchev–Trinajstić information content (AvgIpc) is 3.32. The number of hydrogen-bond donors (Lipinski definition) is 2. The van der Waals surface area contributed by atoms with Gasteiger partial charge in [-0.15, -0.1) is 0 Å². The predicted molar refractivity (Wildman–Crippen MR) is 127 cm³/mol. The van der Waals surface area contributed by atoms with Crippen LogP contribution in [0.2, 0.25) is 0 Å². The van der Waals surface area contributed by atoms with E-state index in [1.54, 1.807) is 17.0 Å². The Morgan fingerprint density at radius 1 is 1.21 bits per heavy atom. The molecule has 1 aromatic carbocycles. The lowest BCUT2D eigenvalue weighted by Gasteiger charge is -2.36. The molecule has 2 N–H and O–H groups in total. The zero-order valence-corrected chi connectivity index (χ0v) is 20.1. The largest absolute Gasteiger partial charge is 0.444 e. The van der Waals surface area contributed by atoms with Crippen LogP contribution in [0.3, 0.4) is 0 Å². The Bertz CT molecular complexity index is 979. The van der Waals surface area contributed by atoms with Gasteiger partial charge in [-0.2, -0.15) is 5.10 Å². The lowest BCUT2D eigenvalue weighted by atomic mass is 9.85. The number of likely N-dealkylation sites (N-methyl/N-ethyl adjacent to an activating group) is 1. The van der Waals surface area contributed by atoms with Crippen molar-refractivity contribution in [3.63, 3.8) is 0 Å². The molecule has 2 amide bonds. The Morgan fingerprint density at radius 2 is 1.91 bits per heavy atom. The van der Waals surface area contributed by atoms with Gasteiger partial charge in [0, 0.05) is 17.7 Å². The zero-order valence-electron chi connectivity index (χ0n) is 20.1. The summed E-state index contributed by atoms with van der Waals surface area (Å²) in [5, 5.41) is 10.3. The summed E-state index contributed by atoms with van der Waals surface area (Å²) in [5.74, 6) is 0.627. The van der Waals surface area contributed by atoms with Crippen molar-refractivity contribution >= 4 is 17.8 Å². The van der Waals surface area contributed by atoms with E-state index in [0.29, 0.717) is 23.8 Å². The Balaban J connectivity index is 1.49. The number of amides is 2. The fraction of sp³-hybridized carbons (Fsp3) is 0.560. The summed E-state index contributed by atoms with van der Waals surface area (Å²) in [6.45, 7) is 5.00. The fourth-order valence-electron chi connectivity index (χ4n) is 5.02. The molecule has 0 spiro atoms. The average molecular weight is 454 g/mol. The van der Waals surface area contributed by atoms with Crippen LogP contribution in [0.4, 0.5) is 10.6 Å². The van der Waals surface area contributed by atoms with E-state index >= 15 is 0 Å². The molecule has 1 atom stereocenters. The smallest absolute Gasteiger partial charge is 0.411 e. The number of anilines is 1. The van der Waals surface area contributed by atoms with Crippen molar-refractivity contribution in [3.05, 3.63) is 47.2 Å². The summed E-state index contributed by atoms with van der Waals surface area (Å²) in [5.41, 5.74) is 1.58. The maximum absolute atomic E-state index is 13.4. The van der Waals surface area contributed by atoms with Gasteiger partial charge in [-0.1, -0.05) is 37.5 Å². The Kier molecular flexibility index (Phi) is 6.74. The third-order valence-electron chi connectivity index (χ3n) is 6.93. The second-order valence-electron chi connectivity index (χ2n) is 9.97. The fourth-order valence-corrected chi connectivity index (χ4v) is 5.02. The van der Waals surface area contributed by atoms with E-state index in [1.807, 2.05) is 46.1 Å². The number of aromatic nitrogens is 2. The van der Waals surface area contributed by atoms with Crippen LogP contribution in [0, 0.1) is 5.92 Å². The van der Waals surface area contributed by atoms with Gasteiger partial charge in [0.05, 0.1) is 17.8 Å². The van der Waals surface area contributed by atoms with Gasteiger partial charge < -0.3 is 15.0 Å². The first-order valence-electron chi connectivity index (χ1n) is 11.8. The molecular formula is C25H35N5O3. The highest BCUT2D eigenvalue weighted by molar-refractivity contribution is 6.04. The lowest BCUT2D eigenvalue weighted by Crippen LogP contribution is -2.45. The minimum atomic E-state index is -0.621. The van der Waals surface area contributed by atoms with E-state index in [4.69, 9.17) is 4.74 Å². The van der Waals surface area contributed by atoms with E-state index in [1.165, 1.54) is 19.3 Å². The molecule has 0 saturated heterocycles. The molecule has 0 unspecified atom stereocenters. The zero-order chi connectivity index (χ0) is 23.6. The van der Waals surface area contributed by atoms with Crippen LogP contribution >= 0.6 is 0 Å². The van der Waals surface area contributed by atoms with Gasteiger partial charge in [0.2, 0.25) is 0 Å². The number of H-pyrrole nitrogens is 1. The normalized spacial score (nSPS) is 18.8. The maximum Gasteiger partial charge on any atom is 0.411 e. The molecule has 1 aliphatic carbocycles. The van der Waals surface area contributed by atoms with E-state index in [9.17, 15) is 9.59 Å². The van der Waals surface area contributed by atoms with E-state index in [-0.39, 0.29) is 18.1 Å². The molecular weight excluding hydrogens is 418 g/mol. The highest BCUT2D eigenvalue weighted by atomic mass is 16.6. The second kappa shape index (κ2) is 9.55. The van der Waals surface area contributed by atoms with E-state index in [0.717, 1.165) is 30.6 Å². The molecule has 8 nitrogen and oxygen atoms in total. The SMILES string of the molecule is CN(C)C[C@@H](OC(=O)N1Cc2c(NC(=O)c3ccccc3)n[nH]c2C1(C)C)C1CCCCC1. The molecule has 2 aliphatic rings. The van der Waals surface area contributed by atoms with Crippen molar-refractivity contribution in [2.45, 2.75) is 64.1 Å². The van der Waals surface area contributed by atoms with Gasteiger partial charge in [-0.25, -0.2) is 4.79 Å². The number of nitrogens with zero attached hydrogens (tertiary/aromatic N) is 3. The van der Waals surface area contributed by atoms with Crippen molar-refractivity contribution in [2.24, 2.45) is 5.92 Å². The number of hydrogen-bond acceptors (Lipinski definition) is 5. The molecule has 1 fully saturated rings. The minimum Gasteiger partial charge on any atom is -0.444 e. The van der Waals surface area contributed by atoms with E-state index < -0.39 is 5.54 Å². The molecule has 2 aromatic rings. The molecule has 0 bridgehead atoms. The number of aromatic amines is 1. The Morgan fingerprint density at radius 3 is 2.58 bits per heavy atom. The number of rotatable bonds is 6. The van der Waals surface area contributed by atoms with Gasteiger partial charge in [0.25, 0.3) is 5.91 Å². The van der Waals surface area contributed by atoms with Gasteiger partial charge in [-0.3, -0.25) is 14.8 Å². The van der Waals surface area contributed by atoms with Crippen LogP contribution < -0.4 is 5.32 Å². The standard InChI is InChI=1S/C25H35N5O3/c1-25(2)21-19(22(28-27-21)26-23(31)18-13-9-6-10-14-18)15-30(25)24(32)33-20(16-29(3)4)17-11-7-5-8-12-17/h6,9-10,13-14,17,20H,5,7-8,11-12,15-16H2,1-4H3,(H2,26,27,28,31)/t20-/m1/s1. The quantitative estimate of drug-likeness (QED) is 0.678. The third-order valence-corrected chi connectivity index (χ3v) is 6.93. The highest BCUT2D eigenvalue weighted by Gasteiger charge is 2.45. The summed E-state index contributed by atoms with van der Waals surface area (Å²) in [7, 11) is 4.03. The van der Waals surface area contributed by atoms with Crippen molar-refractivity contribution in [1.82, 2.24) is 20.0 Å². The number of carbonyl (C=O) groups excluding carboxylic acids is 2. The summed E-state index contributed by atoms with van der Waals surface area (Å²) < 4.78 is 6.13. The van der Waals surface area contributed by atoms with Crippen LogP contribution in [0.1, 0.15) is 67.6 Å². The predicted octanol–water partition coefficient (Wildman–Crippen LogP) is 4.36. The van der Waals surface area contributed by atoms with Crippen LogP contribution in [-0.4, -0.2) is 58.7 Å². The van der Waals surface area contributed by atoms with Crippen LogP contribution in [0.25, 0.3) is 0 Å². The van der Waals surface area contributed by atoms with Crippen molar-refractivity contribution < 1.29 is 14.3 Å². The monoisotopic (exact) mass is 453 g/mol. The van der Waals surface area contributed by atoms with Crippen molar-refractivity contribution in [2.75, 3.05) is 26.0 Å². The molecule has 8 heteroatoms. The molecule has 1 aromatic heterocycles. The molecule has 4 rings (SSSR count). The van der Waals surface area contributed by atoms with E-state index in [2.05, 4.69) is 20.4 Å². The van der Waals surface area contributed by atoms with Crippen molar-refractivity contribution in [3.8, 4) is 0 Å². The van der Waals surface area contributed by atoms with Gasteiger partial charge in [0.1, 0.15) is 6.10 Å². The maximum atomic E-state index is 13.4. The summed E-state index contributed by atoms with van der Waals surface area (Å²) in [4.78, 5) is 29.8. The molecule has 178 valence electrons. The molecule has 33 heavy (non-hydrogen) atoms. The number of carbonyl (C=O) groups is 2. The number of ether oxygens (including phenoxy) is 1.